The standard InChI is InChI=1S/C43H60N6O4/c1-10-43(5,6)26-35-34-25-30(16-17-38(34)48(11-2)40(35)33-15-14-18-44-37(33)27-53-9)31-21-29(22-32(50)24-31)23-36(42(52)49-20-13-12-19-45-49)46-41(51)39(28(3)4)47(7)8/h14-18,21-22,24-25,28,36,39,45,50H,10-13,19-20,23,26-27H2,1-9H3,(H,46,51). The molecule has 10 heteroatoms. The van der Waals surface area contributed by atoms with Crippen molar-refractivity contribution in [3.05, 3.63) is 71.5 Å². The van der Waals surface area contributed by atoms with Gasteiger partial charge in [-0.3, -0.25) is 24.5 Å². The number of benzene rings is 2. The lowest BCUT2D eigenvalue weighted by molar-refractivity contribution is -0.141. The molecule has 1 fully saturated rings. The third-order valence-electron chi connectivity index (χ3n) is 10.7. The molecule has 0 bridgehead atoms. The van der Waals surface area contributed by atoms with Crippen molar-refractivity contribution in [2.75, 3.05) is 34.3 Å². The van der Waals surface area contributed by atoms with E-state index in [1.165, 1.54) is 11.3 Å². The predicted octanol–water partition coefficient (Wildman–Crippen LogP) is 6.96. The summed E-state index contributed by atoms with van der Waals surface area (Å²) in [5, 5.41) is 17.0. The molecule has 2 aromatic heterocycles. The third-order valence-corrected chi connectivity index (χ3v) is 10.7. The number of methoxy groups -OCH3 is 1. The molecule has 2 amide bonds. The number of nitrogens with one attached hydrogen (secondary N) is 2. The Balaban J connectivity index is 1.60. The zero-order valence-electron chi connectivity index (χ0n) is 33.3. The number of aromatic nitrogens is 2. The first-order valence-corrected chi connectivity index (χ1v) is 19.2. The first-order valence-electron chi connectivity index (χ1n) is 19.2. The minimum absolute atomic E-state index is 0.0514. The van der Waals surface area contributed by atoms with Gasteiger partial charge in [0.25, 0.3) is 5.91 Å². The van der Waals surface area contributed by atoms with E-state index in [0.717, 1.165) is 71.1 Å². The van der Waals surface area contributed by atoms with Crippen LogP contribution in [0, 0.1) is 11.3 Å². The van der Waals surface area contributed by atoms with Gasteiger partial charge >= 0.3 is 0 Å². The van der Waals surface area contributed by atoms with Gasteiger partial charge in [0.15, 0.2) is 0 Å². The second kappa shape index (κ2) is 17.3. The molecule has 0 radical (unpaired) electrons. The van der Waals surface area contributed by atoms with Crippen LogP contribution in [0.25, 0.3) is 33.3 Å². The van der Waals surface area contributed by atoms with Gasteiger partial charge in [0, 0.05) is 55.8 Å². The van der Waals surface area contributed by atoms with E-state index in [0.29, 0.717) is 19.7 Å². The summed E-state index contributed by atoms with van der Waals surface area (Å²) in [4.78, 5) is 34.2. The van der Waals surface area contributed by atoms with E-state index in [4.69, 9.17) is 9.72 Å². The first kappa shape index (κ1) is 39.9. The number of fused-ring (bicyclic) bond motifs is 1. The minimum Gasteiger partial charge on any atom is -0.508 e. The lowest BCUT2D eigenvalue weighted by Gasteiger charge is -2.33. The SMILES string of the molecule is CCn1c(-c2cccnc2COC)c(CC(C)(C)CC)c2cc(-c3cc(O)cc(CC(NC(=O)C(C(C)C)N(C)C)C(=O)N4CCCCN4)c3)ccc21. The largest absolute Gasteiger partial charge is 0.508 e. The number of aryl methyl sites for hydroxylation is 1. The molecule has 1 aliphatic rings. The van der Waals surface area contributed by atoms with Gasteiger partial charge in [0.1, 0.15) is 11.8 Å². The lowest BCUT2D eigenvalue weighted by Crippen LogP contribution is -2.58. The molecule has 2 aromatic carbocycles. The number of ether oxygens (including phenoxy) is 1. The number of carbonyl (C=O) groups is 2. The first-order chi connectivity index (χ1) is 25.3. The Morgan fingerprint density at radius 1 is 1.08 bits per heavy atom. The summed E-state index contributed by atoms with van der Waals surface area (Å²) in [5.41, 5.74) is 11.4. The summed E-state index contributed by atoms with van der Waals surface area (Å²) in [6, 6.07) is 15.0. The number of amides is 2. The van der Waals surface area contributed by atoms with Crippen LogP contribution in [-0.2, 0) is 40.3 Å². The fourth-order valence-electron chi connectivity index (χ4n) is 7.78. The Kier molecular flexibility index (Phi) is 13.0. The number of aromatic hydroxyl groups is 1. The zero-order valence-corrected chi connectivity index (χ0v) is 33.3. The maximum absolute atomic E-state index is 14.0. The molecule has 1 saturated heterocycles. The number of hydrazine groups is 1. The van der Waals surface area contributed by atoms with E-state index < -0.39 is 12.1 Å². The Labute approximate surface area is 315 Å². The van der Waals surface area contributed by atoms with Crippen LogP contribution >= 0.6 is 0 Å². The van der Waals surface area contributed by atoms with Gasteiger partial charge in [0.2, 0.25) is 5.91 Å². The lowest BCUT2D eigenvalue weighted by atomic mass is 9.81. The fraction of sp³-hybridized carbons (Fsp3) is 0.512. The molecule has 3 N–H and O–H groups in total. The maximum Gasteiger partial charge on any atom is 0.259 e. The molecule has 2 unspecified atom stereocenters. The molecule has 4 aromatic rings. The van der Waals surface area contributed by atoms with Gasteiger partial charge < -0.3 is 19.7 Å². The highest BCUT2D eigenvalue weighted by Crippen LogP contribution is 2.41. The van der Waals surface area contributed by atoms with Gasteiger partial charge in [-0.1, -0.05) is 53.2 Å². The molecular formula is C43H60N6O4. The summed E-state index contributed by atoms with van der Waals surface area (Å²) >= 11 is 0. The molecule has 286 valence electrons. The fourth-order valence-corrected chi connectivity index (χ4v) is 7.78. The predicted molar refractivity (Wildman–Crippen MR) is 213 cm³/mol. The van der Waals surface area contributed by atoms with Crippen molar-refractivity contribution in [1.29, 1.82) is 0 Å². The summed E-state index contributed by atoms with van der Waals surface area (Å²) in [7, 11) is 5.47. The minimum atomic E-state index is -0.809. The number of hydrogen-bond donors (Lipinski definition) is 3. The monoisotopic (exact) mass is 724 g/mol. The molecule has 2 atom stereocenters. The van der Waals surface area contributed by atoms with Crippen LogP contribution in [0.2, 0.25) is 0 Å². The third kappa shape index (κ3) is 9.11. The number of hydrogen-bond acceptors (Lipinski definition) is 7. The van der Waals surface area contributed by atoms with E-state index in [1.54, 1.807) is 24.3 Å². The molecule has 0 spiro atoms. The molecule has 5 rings (SSSR count). The van der Waals surface area contributed by atoms with Gasteiger partial charge in [0.05, 0.1) is 24.0 Å². The number of rotatable bonds is 15. The average Bonchev–Trinajstić information content (AvgIpc) is 3.42. The number of phenols is 1. The quantitative estimate of drug-likeness (QED) is 0.122. The highest BCUT2D eigenvalue weighted by Gasteiger charge is 2.32. The number of nitrogens with zero attached hydrogens (tertiary/aromatic N) is 4. The van der Waals surface area contributed by atoms with E-state index in [2.05, 4.69) is 67.3 Å². The Morgan fingerprint density at radius 2 is 1.85 bits per heavy atom. The molecule has 1 aliphatic heterocycles. The van der Waals surface area contributed by atoms with Crippen molar-refractivity contribution in [3.8, 4) is 28.1 Å². The van der Waals surface area contributed by atoms with Crippen LogP contribution in [0.4, 0.5) is 0 Å². The number of pyridine rings is 1. The van der Waals surface area contributed by atoms with Crippen molar-refractivity contribution in [1.82, 2.24) is 30.2 Å². The Hall–Kier alpha value is -4.25. The van der Waals surface area contributed by atoms with E-state index in [1.807, 2.05) is 51.2 Å². The molecular weight excluding hydrogens is 665 g/mol. The van der Waals surface area contributed by atoms with Crippen molar-refractivity contribution in [3.63, 3.8) is 0 Å². The topological polar surface area (TPSA) is 112 Å². The van der Waals surface area contributed by atoms with Crippen LogP contribution in [0.1, 0.15) is 77.6 Å². The van der Waals surface area contributed by atoms with Crippen molar-refractivity contribution in [2.24, 2.45) is 11.3 Å². The van der Waals surface area contributed by atoms with Gasteiger partial charge in [-0.15, -0.1) is 0 Å². The summed E-state index contributed by atoms with van der Waals surface area (Å²) in [6.45, 7) is 15.6. The molecule has 3 heterocycles. The molecule has 0 saturated carbocycles. The number of phenolic OH excluding ortho intramolecular Hbond substituents is 1. The van der Waals surface area contributed by atoms with Crippen molar-refractivity contribution in [2.45, 2.75) is 98.9 Å². The van der Waals surface area contributed by atoms with Crippen LogP contribution in [0.5, 0.6) is 5.75 Å². The average molecular weight is 725 g/mol. The molecule has 0 aliphatic carbocycles. The van der Waals surface area contributed by atoms with E-state index in [-0.39, 0.29) is 35.3 Å². The Bertz CT molecular complexity index is 1880. The van der Waals surface area contributed by atoms with E-state index in [9.17, 15) is 14.7 Å². The van der Waals surface area contributed by atoms with Gasteiger partial charge in [-0.05, 0) is 110 Å². The van der Waals surface area contributed by atoms with Gasteiger partial charge in [-0.25, -0.2) is 5.43 Å². The van der Waals surface area contributed by atoms with E-state index >= 15 is 0 Å². The molecule has 53 heavy (non-hydrogen) atoms. The summed E-state index contributed by atoms with van der Waals surface area (Å²) < 4.78 is 7.97. The highest BCUT2D eigenvalue weighted by atomic mass is 16.5. The highest BCUT2D eigenvalue weighted by molar-refractivity contribution is 5.95. The smallest absolute Gasteiger partial charge is 0.259 e. The van der Waals surface area contributed by atoms with Crippen LogP contribution < -0.4 is 10.7 Å². The van der Waals surface area contributed by atoms with Crippen molar-refractivity contribution < 1.29 is 19.4 Å². The van der Waals surface area contributed by atoms with Crippen LogP contribution in [-0.4, -0.2) is 82.8 Å². The summed E-state index contributed by atoms with van der Waals surface area (Å²) in [5.74, 6) is -0.201. The number of carbonyl (C=O) groups excluding carboxylic acids is 2. The van der Waals surface area contributed by atoms with Crippen LogP contribution in [0.3, 0.4) is 0 Å². The van der Waals surface area contributed by atoms with Crippen molar-refractivity contribution >= 4 is 22.7 Å². The second-order valence-electron chi connectivity index (χ2n) is 15.8. The molecule has 10 nitrogen and oxygen atoms in total. The van der Waals surface area contributed by atoms with Gasteiger partial charge in [-0.2, -0.15) is 0 Å². The zero-order chi connectivity index (χ0) is 38.4. The Morgan fingerprint density at radius 3 is 2.49 bits per heavy atom. The summed E-state index contributed by atoms with van der Waals surface area (Å²) in [6.07, 6.45) is 5.85. The maximum atomic E-state index is 14.0. The normalized spacial score (nSPS) is 15.0. The number of likely N-dealkylation sites (N-methyl/N-ethyl adjacent to an activating group) is 1. The second-order valence-corrected chi connectivity index (χ2v) is 15.8. The van der Waals surface area contributed by atoms with Crippen LogP contribution in [0.15, 0.2) is 54.7 Å².